The predicted octanol–water partition coefficient (Wildman–Crippen LogP) is 2.38. The van der Waals surface area contributed by atoms with E-state index in [9.17, 15) is 14.4 Å². The van der Waals surface area contributed by atoms with Gasteiger partial charge in [0.05, 0.1) is 18.3 Å². The normalized spacial score (nSPS) is 18.1. The van der Waals surface area contributed by atoms with Gasteiger partial charge < -0.3 is 9.47 Å². The molecule has 2 rings (SSSR count). The summed E-state index contributed by atoms with van der Waals surface area (Å²) in [6.07, 6.45) is 0. The molecule has 1 amide bonds. The molecule has 1 aliphatic heterocycles. The summed E-state index contributed by atoms with van der Waals surface area (Å²) in [6.45, 7) is 8.82. The van der Waals surface area contributed by atoms with Gasteiger partial charge >= 0.3 is 11.9 Å². The summed E-state index contributed by atoms with van der Waals surface area (Å²) in [5, 5.41) is 3.04. The Balaban J connectivity index is 2.24. The molecule has 1 aromatic carbocycles. The van der Waals surface area contributed by atoms with E-state index in [4.69, 9.17) is 9.47 Å². The minimum absolute atomic E-state index is 0.195. The molecule has 7 nitrogen and oxygen atoms in total. The summed E-state index contributed by atoms with van der Waals surface area (Å²) in [4.78, 5) is 39.9. The number of carbonyl (C=O) groups excluding carboxylic acids is 3. The van der Waals surface area contributed by atoms with E-state index in [-0.39, 0.29) is 19.1 Å². The first-order valence-corrected chi connectivity index (χ1v) is 10.3. The van der Waals surface area contributed by atoms with Gasteiger partial charge in [0, 0.05) is 10.6 Å². The zero-order chi connectivity index (χ0) is 20.9. The lowest BCUT2D eigenvalue weighted by Crippen LogP contribution is -2.53. The molecule has 0 saturated heterocycles. The zero-order valence-corrected chi connectivity index (χ0v) is 17.8. The molecule has 0 aliphatic carbocycles. The molecule has 0 saturated carbocycles. The first-order chi connectivity index (χ1) is 13.1. The van der Waals surface area contributed by atoms with Gasteiger partial charge in [0.2, 0.25) is 5.91 Å². The topological polar surface area (TPSA) is 84.9 Å². The fraction of sp³-hybridized carbons (Fsp3) is 0.550. The molecule has 0 radical (unpaired) electrons. The van der Waals surface area contributed by atoms with Crippen LogP contribution in [0.5, 0.6) is 0 Å². The molecule has 28 heavy (non-hydrogen) atoms. The lowest BCUT2D eigenvalue weighted by molar-refractivity contribution is -0.154. The zero-order valence-electron chi connectivity index (χ0n) is 17.0. The van der Waals surface area contributed by atoms with Crippen LogP contribution in [0, 0.1) is 0 Å². The van der Waals surface area contributed by atoms with Crippen molar-refractivity contribution in [2.24, 2.45) is 0 Å². The van der Waals surface area contributed by atoms with Crippen LogP contribution in [0.2, 0.25) is 0 Å². The Labute approximate surface area is 170 Å². The molecule has 0 aromatic heterocycles. The Morgan fingerprint density at radius 2 is 2.00 bits per heavy atom. The number of fused-ring (bicyclic) bond motifs is 1. The third-order valence-corrected chi connectivity index (χ3v) is 5.08. The molecular weight excluding hydrogens is 380 g/mol. The van der Waals surface area contributed by atoms with Crippen LogP contribution < -0.4 is 10.2 Å². The highest BCUT2D eigenvalue weighted by molar-refractivity contribution is 7.99. The number of amides is 1. The van der Waals surface area contributed by atoms with Gasteiger partial charge in [0.25, 0.3) is 0 Å². The SMILES string of the molecule is CCOC(=O)C(C)NC1CSc2ccccc2N(CC(=O)OC(C)(C)C)C1=O. The molecule has 1 aliphatic rings. The Hall–Kier alpha value is -2.06. The average Bonchev–Trinajstić information content (AvgIpc) is 2.72. The van der Waals surface area contributed by atoms with E-state index in [0.29, 0.717) is 11.4 Å². The second-order valence-corrected chi connectivity index (χ2v) is 8.54. The first-order valence-electron chi connectivity index (χ1n) is 9.30. The second-order valence-electron chi connectivity index (χ2n) is 7.48. The Morgan fingerprint density at radius 3 is 2.64 bits per heavy atom. The maximum absolute atomic E-state index is 13.2. The number of thioether (sulfide) groups is 1. The first kappa shape index (κ1) is 22.2. The van der Waals surface area contributed by atoms with Crippen molar-refractivity contribution in [3.63, 3.8) is 0 Å². The second kappa shape index (κ2) is 9.43. The van der Waals surface area contributed by atoms with Crippen molar-refractivity contribution in [1.29, 1.82) is 0 Å². The van der Waals surface area contributed by atoms with Crippen molar-refractivity contribution >= 4 is 35.3 Å². The Bertz CT molecular complexity index is 732. The van der Waals surface area contributed by atoms with Crippen LogP contribution in [-0.4, -0.2) is 54.4 Å². The number of hydrogen-bond donors (Lipinski definition) is 1. The average molecular weight is 409 g/mol. The minimum Gasteiger partial charge on any atom is -0.465 e. The summed E-state index contributed by atoms with van der Waals surface area (Å²) in [7, 11) is 0. The van der Waals surface area contributed by atoms with Crippen LogP contribution in [0.1, 0.15) is 34.6 Å². The molecule has 8 heteroatoms. The van der Waals surface area contributed by atoms with Crippen LogP contribution in [0.25, 0.3) is 0 Å². The van der Waals surface area contributed by atoms with Crippen molar-refractivity contribution < 1.29 is 23.9 Å². The summed E-state index contributed by atoms with van der Waals surface area (Å²) >= 11 is 1.50. The molecular formula is C20H28N2O5S. The molecule has 0 fully saturated rings. The van der Waals surface area contributed by atoms with E-state index in [1.165, 1.54) is 16.7 Å². The van der Waals surface area contributed by atoms with Crippen molar-refractivity contribution in [2.45, 2.75) is 57.2 Å². The van der Waals surface area contributed by atoms with Crippen molar-refractivity contribution in [3.05, 3.63) is 24.3 Å². The van der Waals surface area contributed by atoms with Gasteiger partial charge in [-0.2, -0.15) is 0 Å². The van der Waals surface area contributed by atoms with E-state index in [2.05, 4.69) is 5.32 Å². The summed E-state index contributed by atoms with van der Waals surface area (Å²) < 4.78 is 10.4. The number of rotatable bonds is 6. The van der Waals surface area contributed by atoms with Gasteiger partial charge in [-0.3, -0.25) is 24.6 Å². The van der Waals surface area contributed by atoms with Gasteiger partial charge in [-0.25, -0.2) is 0 Å². The van der Waals surface area contributed by atoms with Crippen LogP contribution in [-0.2, 0) is 23.9 Å². The molecule has 154 valence electrons. The van der Waals surface area contributed by atoms with Gasteiger partial charge in [0.15, 0.2) is 0 Å². The fourth-order valence-electron chi connectivity index (χ4n) is 2.78. The maximum atomic E-state index is 13.2. The number of nitrogens with zero attached hydrogens (tertiary/aromatic N) is 1. The van der Waals surface area contributed by atoms with E-state index in [0.717, 1.165) is 4.90 Å². The molecule has 2 unspecified atom stereocenters. The number of carbonyl (C=O) groups is 3. The number of benzene rings is 1. The number of para-hydroxylation sites is 1. The van der Waals surface area contributed by atoms with Crippen molar-refractivity contribution in [2.75, 3.05) is 23.8 Å². The van der Waals surface area contributed by atoms with Crippen LogP contribution >= 0.6 is 11.8 Å². The molecule has 0 bridgehead atoms. The molecule has 1 heterocycles. The van der Waals surface area contributed by atoms with E-state index < -0.39 is 29.6 Å². The quantitative estimate of drug-likeness (QED) is 0.724. The summed E-state index contributed by atoms with van der Waals surface area (Å²) in [6, 6.07) is 6.15. The number of anilines is 1. The van der Waals surface area contributed by atoms with Gasteiger partial charge in [-0.15, -0.1) is 11.8 Å². The van der Waals surface area contributed by atoms with Gasteiger partial charge in [-0.1, -0.05) is 12.1 Å². The molecule has 0 spiro atoms. The maximum Gasteiger partial charge on any atom is 0.326 e. The number of hydrogen-bond acceptors (Lipinski definition) is 7. The number of nitrogens with one attached hydrogen (secondary N) is 1. The fourth-order valence-corrected chi connectivity index (χ4v) is 3.86. The molecule has 2 atom stereocenters. The Kier molecular flexibility index (Phi) is 7.48. The monoisotopic (exact) mass is 408 g/mol. The van der Waals surface area contributed by atoms with Gasteiger partial charge in [0.1, 0.15) is 18.2 Å². The smallest absolute Gasteiger partial charge is 0.326 e. The van der Waals surface area contributed by atoms with Crippen LogP contribution in [0.3, 0.4) is 0 Å². The molecule has 1 N–H and O–H groups in total. The lowest BCUT2D eigenvalue weighted by atomic mass is 10.2. The lowest BCUT2D eigenvalue weighted by Gasteiger charge is -2.28. The summed E-state index contributed by atoms with van der Waals surface area (Å²) in [5.74, 6) is -0.746. The predicted molar refractivity (Wildman–Crippen MR) is 108 cm³/mol. The van der Waals surface area contributed by atoms with Crippen LogP contribution in [0.4, 0.5) is 5.69 Å². The van der Waals surface area contributed by atoms with Crippen LogP contribution in [0.15, 0.2) is 29.2 Å². The van der Waals surface area contributed by atoms with Crippen molar-refractivity contribution in [1.82, 2.24) is 5.32 Å². The largest absolute Gasteiger partial charge is 0.465 e. The highest BCUT2D eigenvalue weighted by atomic mass is 32.2. The minimum atomic E-state index is -0.643. The highest BCUT2D eigenvalue weighted by Crippen LogP contribution is 2.34. The highest BCUT2D eigenvalue weighted by Gasteiger charge is 2.34. The molecule has 1 aromatic rings. The van der Waals surface area contributed by atoms with E-state index in [1.54, 1.807) is 34.6 Å². The van der Waals surface area contributed by atoms with E-state index in [1.807, 2.05) is 24.3 Å². The van der Waals surface area contributed by atoms with Crippen molar-refractivity contribution in [3.8, 4) is 0 Å². The van der Waals surface area contributed by atoms with Gasteiger partial charge in [-0.05, 0) is 46.8 Å². The standard InChI is InChI=1S/C20H28N2O5S/c1-6-26-19(25)13(2)21-14-12-28-16-10-8-7-9-15(16)22(18(14)24)11-17(23)27-20(3,4)5/h7-10,13-14,21H,6,11-12H2,1-5H3. The Morgan fingerprint density at radius 1 is 1.32 bits per heavy atom. The third-order valence-electron chi connectivity index (χ3n) is 3.92. The van der Waals surface area contributed by atoms with E-state index >= 15 is 0 Å². The number of ether oxygens (including phenoxy) is 2. The number of esters is 2. The summed E-state index contributed by atoms with van der Waals surface area (Å²) in [5.41, 5.74) is 0.0208. The third kappa shape index (κ3) is 5.97.